The quantitative estimate of drug-likeness (QED) is 0.475. The van der Waals surface area contributed by atoms with E-state index >= 15 is 0 Å². The second-order valence-electron chi connectivity index (χ2n) is 7.31. The van der Waals surface area contributed by atoms with Crippen molar-refractivity contribution in [3.05, 3.63) is 71.5 Å². The van der Waals surface area contributed by atoms with E-state index in [2.05, 4.69) is 15.5 Å². The molecule has 2 heterocycles. The minimum Gasteiger partial charge on any atom is -0.486 e. The van der Waals surface area contributed by atoms with Crippen molar-refractivity contribution >= 4 is 22.6 Å². The number of nitrogens with zero attached hydrogens (tertiary/aromatic N) is 2. The number of nitriles is 1. The Hall–Kier alpha value is -4.58. The summed E-state index contributed by atoms with van der Waals surface area (Å²) in [5, 5.41) is 19.6. The molecule has 1 aromatic heterocycles. The molecule has 1 aliphatic heterocycles. The lowest BCUT2D eigenvalue weighted by molar-refractivity contribution is -0.115. The number of halogens is 1. The van der Waals surface area contributed by atoms with Gasteiger partial charge >= 0.3 is 0 Å². The van der Waals surface area contributed by atoms with Crippen LogP contribution in [-0.4, -0.2) is 29.3 Å². The number of H-pyrrole nitrogens is 1. The van der Waals surface area contributed by atoms with Gasteiger partial charge in [-0.05, 0) is 48.0 Å². The molecule has 0 fully saturated rings. The number of anilines is 1. The van der Waals surface area contributed by atoms with E-state index in [-0.39, 0.29) is 23.6 Å². The van der Waals surface area contributed by atoms with Crippen LogP contribution in [0.2, 0.25) is 0 Å². The van der Waals surface area contributed by atoms with Crippen LogP contribution in [0.4, 0.5) is 10.2 Å². The van der Waals surface area contributed by atoms with Crippen LogP contribution in [0.3, 0.4) is 0 Å². The Labute approximate surface area is 187 Å². The molecule has 8 nitrogen and oxygen atoms in total. The lowest BCUT2D eigenvalue weighted by atomic mass is 10.1. The van der Waals surface area contributed by atoms with Crippen molar-refractivity contribution < 1.29 is 23.4 Å². The van der Waals surface area contributed by atoms with Crippen LogP contribution in [0.1, 0.15) is 11.1 Å². The molecule has 1 aliphatic rings. The zero-order valence-electron chi connectivity index (χ0n) is 17.2. The largest absolute Gasteiger partial charge is 0.486 e. The maximum Gasteiger partial charge on any atom is 0.230 e. The second-order valence-corrected chi connectivity index (χ2v) is 7.31. The normalized spacial score (nSPS) is 12.2. The zero-order valence-corrected chi connectivity index (χ0v) is 17.2. The Balaban J connectivity index is 1.34. The SMILES string of the molecule is N#Cc1c(F)cccc1Oc1ccc2[nH]nc(NC(=O)Cc3ccc4c(c3)OCCO4)c2c1. The topological polar surface area (TPSA) is 109 Å². The fourth-order valence-corrected chi connectivity index (χ4v) is 3.54. The van der Waals surface area contributed by atoms with Gasteiger partial charge in [-0.1, -0.05) is 12.1 Å². The van der Waals surface area contributed by atoms with Crippen molar-refractivity contribution in [1.82, 2.24) is 10.2 Å². The van der Waals surface area contributed by atoms with Crippen LogP contribution < -0.4 is 19.5 Å². The number of carbonyl (C=O) groups excluding carboxylic acids is 1. The van der Waals surface area contributed by atoms with Gasteiger partial charge < -0.3 is 19.5 Å². The molecule has 9 heteroatoms. The second kappa shape index (κ2) is 8.51. The maximum atomic E-state index is 13.9. The number of nitrogens with one attached hydrogen (secondary N) is 2. The Morgan fingerprint density at radius 2 is 2.00 bits per heavy atom. The molecular formula is C24H17FN4O4. The monoisotopic (exact) mass is 444 g/mol. The van der Waals surface area contributed by atoms with Gasteiger partial charge in [-0.25, -0.2) is 4.39 Å². The smallest absolute Gasteiger partial charge is 0.230 e. The Kier molecular flexibility index (Phi) is 5.24. The average molecular weight is 444 g/mol. The van der Waals surface area contributed by atoms with Gasteiger partial charge in [0.1, 0.15) is 42.2 Å². The van der Waals surface area contributed by atoms with Gasteiger partial charge in [-0.3, -0.25) is 9.89 Å². The molecule has 2 N–H and O–H groups in total. The molecular weight excluding hydrogens is 427 g/mol. The third-order valence-corrected chi connectivity index (χ3v) is 5.08. The van der Waals surface area contributed by atoms with Crippen LogP contribution >= 0.6 is 0 Å². The van der Waals surface area contributed by atoms with E-state index in [0.717, 1.165) is 5.56 Å². The van der Waals surface area contributed by atoms with Crippen LogP contribution in [0.15, 0.2) is 54.6 Å². The summed E-state index contributed by atoms with van der Waals surface area (Å²) in [5.41, 5.74) is 1.27. The van der Waals surface area contributed by atoms with Crippen molar-refractivity contribution in [2.75, 3.05) is 18.5 Å². The fourth-order valence-electron chi connectivity index (χ4n) is 3.54. The highest BCUT2D eigenvalue weighted by Gasteiger charge is 2.16. The number of rotatable bonds is 5. The molecule has 164 valence electrons. The number of ether oxygens (including phenoxy) is 3. The molecule has 0 radical (unpaired) electrons. The van der Waals surface area contributed by atoms with Gasteiger partial charge in [0.15, 0.2) is 17.3 Å². The summed E-state index contributed by atoms with van der Waals surface area (Å²) in [7, 11) is 0. The summed E-state index contributed by atoms with van der Waals surface area (Å²) >= 11 is 0. The van der Waals surface area contributed by atoms with E-state index in [1.807, 2.05) is 6.07 Å². The first-order valence-corrected chi connectivity index (χ1v) is 10.1. The van der Waals surface area contributed by atoms with Crippen LogP contribution in [-0.2, 0) is 11.2 Å². The Morgan fingerprint density at radius 3 is 2.85 bits per heavy atom. The first-order valence-electron chi connectivity index (χ1n) is 10.1. The average Bonchev–Trinajstić information content (AvgIpc) is 3.21. The van der Waals surface area contributed by atoms with Crippen LogP contribution in [0.25, 0.3) is 10.9 Å². The highest BCUT2D eigenvalue weighted by Crippen LogP contribution is 2.32. The molecule has 33 heavy (non-hydrogen) atoms. The molecule has 0 bridgehead atoms. The van der Waals surface area contributed by atoms with Crippen molar-refractivity contribution in [2.45, 2.75) is 6.42 Å². The van der Waals surface area contributed by atoms with Gasteiger partial charge in [0.2, 0.25) is 5.91 Å². The third kappa shape index (κ3) is 4.14. The number of hydrogen-bond donors (Lipinski definition) is 2. The van der Waals surface area contributed by atoms with E-state index in [9.17, 15) is 14.4 Å². The van der Waals surface area contributed by atoms with Crippen molar-refractivity contribution in [1.29, 1.82) is 5.26 Å². The van der Waals surface area contributed by atoms with E-state index in [1.165, 1.54) is 18.2 Å². The van der Waals surface area contributed by atoms with E-state index in [1.54, 1.807) is 36.4 Å². The zero-order chi connectivity index (χ0) is 22.8. The number of aromatic amines is 1. The van der Waals surface area contributed by atoms with E-state index < -0.39 is 5.82 Å². The maximum absolute atomic E-state index is 13.9. The third-order valence-electron chi connectivity index (χ3n) is 5.08. The molecule has 0 unspecified atom stereocenters. The summed E-state index contributed by atoms with van der Waals surface area (Å²) < 4.78 is 30.6. The molecule has 4 aromatic rings. The van der Waals surface area contributed by atoms with Crippen molar-refractivity contribution in [3.63, 3.8) is 0 Å². The summed E-state index contributed by atoms with van der Waals surface area (Å²) in [5.74, 6) is 1.16. The summed E-state index contributed by atoms with van der Waals surface area (Å²) in [6, 6.07) is 16.4. The minimum atomic E-state index is -0.661. The summed E-state index contributed by atoms with van der Waals surface area (Å²) in [6.07, 6.45) is 0.121. The molecule has 0 aliphatic carbocycles. The first kappa shape index (κ1) is 20.3. The van der Waals surface area contributed by atoms with Gasteiger partial charge in [0.25, 0.3) is 0 Å². The van der Waals surface area contributed by atoms with Crippen LogP contribution in [0.5, 0.6) is 23.0 Å². The van der Waals surface area contributed by atoms with Crippen molar-refractivity contribution in [2.24, 2.45) is 0 Å². The van der Waals surface area contributed by atoms with Gasteiger partial charge in [-0.15, -0.1) is 0 Å². The molecule has 1 amide bonds. The lowest BCUT2D eigenvalue weighted by Gasteiger charge is -2.18. The van der Waals surface area contributed by atoms with E-state index in [4.69, 9.17) is 14.2 Å². The molecule has 0 atom stereocenters. The minimum absolute atomic E-state index is 0.101. The van der Waals surface area contributed by atoms with Gasteiger partial charge in [0.05, 0.1) is 11.9 Å². The number of amides is 1. The predicted molar refractivity (Wildman–Crippen MR) is 117 cm³/mol. The molecule has 0 saturated heterocycles. The molecule has 5 rings (SSSR count). The lowest BCUT2D eigenvalue weighted by Crippen LogP contribution is -2.17. The number of hydrogen-bond acceptors (Lipinski definition) is 6. The van der Waals surface area contributed by atoms with Gasteiger partial charge in [-0.2, -0.15) is 10.4 Å². The predicted octanol–water partition coefficient (Wildman–Crippen LogP) is 4.32. The highest BCUT2D eigenvalue weighted by atomic mass is 19.1. The fraction of sp³-hybridized carbons (Fsp3) is 0.125. The Morgan fingerprint density at radius 1 is 1.15 bits per heavy atom. The molecule has 3 aromatic carbocycles. The number of carbonyl (C=O) groups is 1. The first-order chi connectivity index (χ1) is 16.1. The summed E-state index contributed by atoms with van der Waals surface area (Å²) in [6.45, 7) is 0.972. The number of aromatic nitrogens is 2. The Bertz CT molecular complexity index is 1410. The molecule has 0 spiro atoms. The number of benzene rings is 3. The van der Waals surface area contributed by atoms with Gasteiger partial charge in [0, 0.05) is 5.39 Å². The molecule has 0 saturated carbocycles. The number of fused-ring (bicyclic) bond motifs is 2. The van der Waals surface area contributed by atoms with E-state index in [0.29, 0.717) is 47.2 Å². The van der Waals surface area contributed by atoms with Crippen molar-refractivity contribution in [3.8, 4) is 29.1 Å². The highest BCUT2D eigenvalue weighted by molar-refractivity contribution is 6.00. The standard InChI is InChI=1S/C24H17FN4O4/c25-18-2-1-3-20(17(18)13-26)33-15-5-6-19-16(12-15)24(29-28-19)27-23(30)11-14-4-7-21-22(10-14)32-9-8-31-21/h1-7,10,12H,8-9,11H2,(H2,27,28,29,30). The summed E-state index contributed by atoms with van der Waals surface area (Å²) in [4.78, 5) is 12.6. The van der Waals surface area contributed by atoms with Crippen LogP contribution in [0, 0.1) is 17.1 Å².